The first kappa shape index (κ1) is 17.0. The highest BCUT2D eigenvalue weighted by atomic mass is 19.1. The van der Waals surface area contributed by atoms with Gasteiger partial charge in [-0.3, -0.25) is 0 Å². The van der Waals surface area contributed by atoms with Crippen LogP contribution in [0, 0.1) is 5.82 Å². The second-order valence-corrected chi connectivity index (χ2v) is 5.24. The van der Waals surface area contributed by atoms with E-state index in [2.05, 4.69) is 10.6 Å². The molecule has 1 atom stereocenters. The van der Waals surface area contributed by atoms with Gasteiger partial charge in [0.05, 0.1) is 6.10 Å². The second kappa shape index (κ2) is 8.90. The standard InChI is InChI=1S/C18H21FN2O2/c19-16-9-5-4-6-14(16)10-12-20-18(23)21-13-11-17(22)15-7-2-1-3-8-15/h1-9,17,22H,10-13H2,(H2,20,21,23). The summed E-state index contributed by atoms with van der Waals surface area (Å²) in [6.07, 6.45) is 0.271. The minimum absolute atomic E-state index is 0.263. The number of hydrogen-bond acceptors (Lipinski definition) is 2. The molecule has 0 aliphatic rings. The average Bonchev–Trinajstić information content (AvgIpc) is 2.57. The van der Waals surface area contributed by atoms with Crippen LogP contribution >= 0.6 is 0 Å². The lowest BCUT2D eigenvalue weighted by Gasteiger charge is -2.12. The molecular weight excluding hydrogens is 295 g/mol. The minimum atomic E-state index is -0.602. The first-order valence-electron chi connectivity index (χ1n) is 7.65. The van der Waals surface area contributed by atoms with Gasteiger partial charge < -0.3 is 15.7 Å². The number of nitrogens with one attached hydrogen (secondary N) is 2. The van der Waals surface area contributed by atoms with Crippen LogP contribution in [0.1, 0.15) is 23.7 Å². The largest absolute Gasteiger partial charge is 0.388 e. The molecule has 0 radical (unpaired) electrons. The Balaban J connectivity index is 1.63. The van der Waals surface area contributed by atoms with E-state index < -0.39 is 6.10 Å². The summed E-state index contributed by atoms with van der Waals surface area (Å²) in [6, 6.07) is 15.5. The molecule has 4 nitrogen and oxygen atoms in total. The lowest BCUT2D eigenvalue weighted by Crippen LogP contribution is -2.37. The van der Waals surface area contributed by atoms with Gasteiger partial charge in [0.15, 0.2) is 0 Å². The van der Waals surface area contributed by atoms with Crippen molar-refractivity contribution < 1.29 is 14.3 Å². The van der Waals surface area contributed by atoms with E-state index in [-0.39, 0.29) is 11.8 Å². The molecule has 2 rings (SSSR count). The van der Waals surface area contributed by atoms with Crippen LogP contribution in [0.3, 0.4) is 0 Å². The van der Waals surface area contributed by atoms with Crippen LogP contribution in [0.2, 0.25) is 0 Å². The maximum Gasteiger partial charge on any atom is 0.314 e. The highest BCUT2D eigenvalue weighted by Crippen LogP contribution is 2.14. The maximum absolute atomic E-state index is 13.4. The Morgan fingerprint density at radius 1 is 1.00 bits per heavy atom. The van der Waals surface area contributed by atoms with E-state index in [1.165, 1.54) is 6.07 Å². The molecule has 2 aromatic rings. The highest BCUT2D eigenvalue weighted by molar-refractivity contribution is 5.73. The molecule has 0 aromatic heterocycles. The minimum Gasteiger partial charge on any atom is -0.388 e. The van der Waals surface area contributed by atoms with Crippen molar-refractivity contribution in [2.75, 3.05) is 13.1 Å². The molecule has 122 valence electrons. The van der Waals surface area contributed by atoms with Crippen molar-refractivity contribution in [3.8, 4) is 0 Å². The molecule has 1 unspecified atom stereocenters. The number of amides is 2. The first-order chi connectivity index (χ1) is 11.2. The number of urea groups is 1. The zero-order chi connectivity index (χ0) is 16.5. The number of aliphatic hydroxyl groups excluding tert-OH is 1. The molecule has 0 spiro atoms. The monoisotopic (exact) mass is 316 g/mol. The Hall–Kier alpha value is -2.40. The molecule has 5 heteroatoms. The average molecular weight is 316 g/mol. The van der Waals surface area contributed by atoms with Gasteiger partial charge in [-0.05, 0) is 30.0 Å². The summed E-state index contributed by atoms with van der Waals surface area (Å²) in [5, 5.41) is 15.3. The van der Waals surface area contributed by atoms with Gasteiger partial charge in [-0.25, -0.2) is 9.18 Å². The lowest BCUT2D eigenvalue weighted by atomic mass is 10.1. The summed E-state index contributed by atoms with van der Waals surface area (Å²) in [6.45, 7) is 0.718. The maximum atomic E-state index is 13.4. The number of hydrogen-bond donors (Lipinski definition) is 3. The summed E-state index contributed by atoms with van der Waals surface area (Å²) in [5.41, 5.74) is 1.40. The smallest absolute Gasteiger partial charge is 0.314 e. The molecule has 0 heterocycles. The number of aliphatic hydroxyl groups is 1. The summed E-state index contributed by atoms with van der Waals surface area (Å²) in [7, 11) is 0. The normalized spacial score (nSPS) is 11.7. The van der Waals surface area contributed by atoms with Crippen LogP contribution in [0.4, 0.5) is 9.18 Å². The van der Waals surface area contributed by atoms with E-state index in [1.54, 1.807) is 18.2 Å². The van der Waals surface area contributed by atoms with Crippen molar-refractivity contribution in [1.82, 2.24) is 10.6 Å². The Labute approximate surface area is 135 Å². The van der Waals surface area contributed by atoms with Crippen molar-refractivity contribution in [3.63, 3.8) is 0 Å². The van der Waals surface area contributed by atoms with Gasteiger partial charge in [0.2, 0.25) is 0 Å². The van der Waals surface area contributed by atoms with Gasteiger partial charge in [-0.2, -0.15) is 0 Å². The SMILES string of the molecule is O=C(NCCc1ccccc1F)NCCC(O)c1ccccc1. The van der Waals surface area contributed by atoms with Crippen molar-refractivity contribution in [3.05, 3.63) is 71.5 Å². The Morgan fingerprint density at radius 3 is 2.39 bits per heavy atom. The summed E-state index contributed by atoms with van der Waals surface area (Å²) >= 11 is 0. The highest BCUT2D eigenvalue weighted by Gasteiger charge is 2.07. The fourth-order valence-electron chi connectivity index (χ4n) is 2.24. The molecule has 0 fully saturated rings. The molecule has 0 saturated heterocycles. The summed E-state index contributed by atoms with van der Waals surface area (Å²) in [5.74, 6) is -0.263. The molecule has 0 saturated carbocycles. The van der Waals surface area contributed by atoms with Gasteiger partial charge in [0, 0.05) is 13.1 Å². The molecular formula is C18H21FN2O2. The molecule has 2 amide bonds. The number of halogens is 1. The van der Waals surface area contributed by atoms with Crippen LogP contribution in [0.25, 0.3) is 0 Å². The third kappa shape index (κ3) is 5.71. The number of carbonyl (C=O) groups excluding carboxylic acids is 1. The van der Waals surface area contributed by atoms with Gasteiger partial charge in [0.25, 0.3) is 0 Å². The molecule has 23 heavy (non-hydrogen) atoms. The topological polar surface area (TPSA) is 61.4 Å². The van der Waals surface area contributed by atoms with Crippen LogP contribution in [0.5, 0.6) is 0 Å². The molecule has 0 aliphatic carbocycles. The van der Waals surface area contributed by atoms with E-state index in [4.69, 9.17) is 0 Å². The molecule has 3 N–H and O–H groups in total. The summed E-state index contributed by atoms with van der Waals surface area (Å²) < 4.78 is 13.4. The van der Waals surface area contributed by atoms with E-state index in [9.17, 15) is 14.3 Å². The van der Waals surface area contributed by atoms with Crippen LogP contribution < -0.4 is 10.6 Å². The fourth-order valence-corrected chi connectivity index (χ4v) is 2.24. The van der Waals surface area contributed by atoms with Crippen molar-refractivity contribution in [2.24, 2.45) is 0 Å². The van der Waals surface area contributed by atoms with Crippen LogP contribution in [-0.2, 0) is 6.42 Å². The number of rotatable bonds is 7. The van der Waals surface area contributed by atoms with Gasteiger partial charge in [-0.15, -0.1) is 0 Å². The molecule has 0 aliphatic heterocycles. The lowest BCUT2D eigenvalue weighted by molar-refractivity contribution is 0.167. The molecule has 2 aromatic carbocycles. The zero-order valence-electron chi connectivity index (χ0n) is 12.8. The fraction of sp³-hybridized carbons (Fsp3) is 0.278. The van der Waals surface area contributed by atoms with E-state index in [1.807, 2.05) is 30.3 Å². The van der Waals surface area contributed by atoms with Gasteiger partial charge in [0.1, 0.15) is 5.82 Å². The van der Waals surface area contributed by atoms with Crippen molar-refractivity contribution in [1.29, 1.82) is 0 Å². The predicted octanol–water partition coefficient (Wildman–Crippen LogP) is 2.79. The second-order valence-electron chi connectivity index (χ2n) is 5.24. The number of benzene rings is 2. The van der Waals surface area contributed by atoms with E-state index in [0.29, 0.717) is 31.5 Å². The van der Waals surface area contributed by atoms with Gasteiger partial charge >= 0.3 is 6.03 Å². The van der Waals surface area contributed by atoms with Gasteiger partial charge in [-0.1, -0.05) is 48.5 Å². The predicted molar refractivity (Wildman–Crippen MR) is 87.5 cm³/mol. The van der Waals surface area contributed by atoms with Crippen molar-refractivity contribution in [2.45, 2.75) is 18.9 Å². The third-order valence-electron chi connectivity index (χ3n) is 3.53. The van der Waals surface area contributed by atoms with Crippen molar-refractivity contribution >= 4 is 6.03 Å². The molecule has 0 bridgehead atoms. The number of carbonyl (C=O) groups is 1. The Morgan fingerprint density at radius 2 is 1.65 bits per heavy atom. The third-order valence-corrected chi connectivity index (χ3v) is 3.53. The first-order valence-corrected chi connectivity index (χ1v) is 7.65. The quantitative estimate of drug-likeness (QED) is 0.735. The van der Waals surface area contributed by atoms with E-state index >= 15 is 0 Å². The summed E-state index contributed by atoms with van der Waals surface area (Å²) in [4.78, 5) is 11.6. The zero-order valence-corrected chi connectivity index (χ0v) is 12.8. The van der Waals surface area contributed by atoms with Crippen LogP contribution in [-0.4, -0.2) is 24.2 Å². The Kier molecular flexibility index (Phi) is 6.56. The van der Waals surface area contributed by atoms with E-state index in [0.717, 1.165) is 5.56 Å². The Bertz CT molecular complexity index is 619. The van der Waals surface area contributed by atoms with Crippen LogP contribution in [0.15, 0.2) is 54.6 Å².